The normalized spacial score (nSPS) is 11.4. The number of hydrogen-bond donors (Lipinski definition) is 0. The molecule has 0 fully saturated rings. The molecule has 220 valence electrons. The highest BCUT2D eigenvalue weighted by Crippen LogP contribution is 2.42. The molecule has 1 heteroatoms. The zero-order chi connectivity index (χ0) is 31.2. The third kappa shape index (κ3) is 4.72. The minimum absolute atomic E-state index is 1.12. The van der Waals surface area contributed by atoms with Crippen LogP contribution in [0, 0.1) is 0 Å². The summed E-state index contributed by atoms with van der Waals surface area (Å²) in [6.07, 6.45) is 0. The minimum Gasteiger partial charge on any atom is -0.310 e. The fourth-order valence-electron chi connectivity index (χ4n) is 7.23. The Balaban J connectivity index is 1.29. The van der Waals surface area contributed by atoms with E-state index in [2.05, 4.69) is 193 Å². The van der Waals surface area contributed by atoms with Gasteiger partial charge in [-0.05, 0) is 102 Å². The lowest BCUT2D eigenvalue weighted by atomic mass is 9.93. The molecule has 47 heavy (non-hydrogen) atoms. The number of nitrogens with zero attached hydrogens (tertiary/aromatic N) is 1. The van der Waals surface area contributed by atoms with Crippen LogP contribution in [0.3, 0.4) is 0 Å². The molecular weight excluding hydrogens is 567 g/mol. The fraction of sp³-hybridized carbons (Fsp3) is 0. The molecule has 0 aliphatic carbocycles. The first-order chi connectivity index (χ1) is 23.3. The van der Waals surface area contributed by atoms with Crippen molar-refractivity contribution < 1.29 is 0 Å². The van der Waals surface area contributed by atoms with Crippen LogP contribution >= 0.6 is 0 Å². The summed E-state index contributed by atoms with van der Waals surface area (Å²) >= 11 is 0. The standard InChI is InChI=1S/C46H31N/c1-2-13-32(14-3-1)34-17-10-19-36(29-34)47(37-20-11-18-35(30-37)40-26-12-16-33-15-4-5-21-39(33)40)38-27-28-45-43-24-7-6-22-41(43)42-23-8-9-25-44(42)46(45)31-38/h1-31H. The highest BCUT2D eigenvalue weighted by molar-refractivity contribution is 6.25. The first kappa shape index (κ1) is 27.2. The van der Waals surface area contributed by atoms with Gasteiger partial charge in [0.05, 0.1) is 0 Å². The van der Waals surface area contributed by atoms with E-state index < -0.39 is 0 Å². The van der Waals surface area contributed by atoms with Crippen LogP contribution in [0.5, 0.6) is 0 Å². The second kappa shape index (κ2) is 11.3. The highest BCUT2D eigenvalue weighted by atomic mass is 15.1. The summed E-state index contributed by atoms with van der Waals surface area (Å²) in [7, 11) is 0. The fourth-order valence-corrected chi connectivity index (χ4v) is 7.23. The van der Waals surface area contributed by atoms with Crippen LogP contribution in [0.2, 0.25) is 0 Å². The van der Waals surface area contributed by atoms with Crippen LogP contribution in [0.25, 0.3) is 65.3 Å². The zero-order valence-electron chi connectivity index (χ0n) is 25.8. The Bertz CT molecular complexity index is 2540. The summed E-state index contributed by atoms with van der Waals surface area (Å²) in [6, 6.07) is 68.3. The van der Waals surface area contributed by atoms with E-state index in [9.17, 15) is 0 Å². The van der Waals surface area contributed by atoms with Crippen LogP contribution in [-0.4, -0.2) is 0 Å². The van der Waals surface area contributed by atoms with E-state index in [1.807, 2.05) is 0 Å². The lowest BCUT2D eigenvalue weighted by Crippen LogP contribution is -2.10. The second-order valence-electron chi connectivity index (χ2n) is 12.1. The van der Waals surface area contributed by atoms with Crippen LogP contribution in [-0.2, 0) is 0 Å². The third-order valence-corrected chi connectivity index (χ3v) is 9.40. The van der Waals surface area contributed by atoms with Gasteiger partial charge < -0.3 is 4.90 Å². The zero-order valence-corrected chi connectivity index (χ0v) is 25.8. The van der Waals surface area contributed by atoms with Crippen LogP contribution < -0.4 is 4.90 Å². The van der Waals surface area contributed by atoms with E-state index in [0.29, 0.717) is 0 Å². The molecule has 1 nitrogen and oxygen atoms in total. The Morgan fingerprint density at radius 2 is 0.723 bits per heavy atom. The average Bonchev–Trinajstić information content (AvgIpc) is 3.15. The number of rotatable bonds is 5. The van der Waals surface area contributed by atoms with Gasteiger partial charge in [-0.15, -0.1) is 0 Å². The van der Waals surface area contributed by atoms with E-state index in [4.69, 9.17) is 0 Å². The van der Waals surface area contributed by atoms with Gasteiger partial charge in [-0.2, -0.15) is 0 Å². The Morgan fingerprint density at radius 1 is 0.255 bits per heavy atom. The maximum absolute atomic E-state index is 2.41. The van der Waals surface area contributed by atoms with E-state index in [1.165, 1.54) is 65.3 Å². The molecule has 0 saturated carbocycles. The van der Waals surface area contributed by atoms with Gasteiger partial charge in [0, 0.05) is 17.1 Å². The Labute approximate surface area is 274 Å². The Hall–Kier alpha value is -6.18. The second-order valence-corrected chi connectivity index (χ2v) is 12.1. The molecule has 0 unspecified atom stereocenters. The summed E-state index contributed by atoms with van der Waals surface area (Å²) in [5.41, 5.74) is 8.18. The summed E-state index contributed by atoms with van der Waals surface area (Å²) in [5.74, 6) is 0. The van der Waals surface area contributed by atoms with Crippen LogP contribution in [0.15, 0.2) is 188 Å². The smallest absolute Gasteiger partial charge is 0.0468 e. The van der Waals surface area contributed by atoms with Crippen molar-refractivity contribution in [3.05, 3.63) is 188 Å². The molecule has 0 amide bonds. The largest absolute Gasteiger partial charge is 0.310 e. The molecule has 0 aliphatic heterocycles. The van der Waals surface area contributed by atoms with Gasteiger partial charge >= 0.3 is 0 Å². The van der Waals surface area contributed by atoms with E-state index in [1.54, 1.807) is 0 Å². The molecule has 0 aliphatic rings. The quantitative estimate of drug-likeness (QED) is 0.178. The summed E-state index contributed by atoms with van der Waals surface area (Å²) in [4.78, 5) is 2.41. The van der Waals surface area contributed by atoms with Crippen molar-refractivity contribution in [2.75, 3.05) is 4.90 Å². The molecule has 0 bridgehead atoms. The topological polar surface area (TPSA) is 3.24 Å². The van der Waals surface area contributed by atoms with E-state index in [-0.39, 0.29) is 0 Å². The van der Waals surface area contributed by atoms with Gasteiger partial charge in [-0.25, -0.2) is 0 Å². The van der Waals surface area contributed by atoms with Gasteiger partial charge in [0.15, 0.2) is 0 Å². The molecule has 0 aromatic heterocycles. The van der Waals surface area contributed by atoms with Gasteiger partial charge in [0.1, 0.15) is 0 Å². The van der Waals surface area contributed by atoms with Crippen molar-refractivity contribution in [3.63, 3.8) is 0 Å². The lowest BCUT2D eigenvalue weighted by molar-refractivity contribution is 1.29. The van der Waals surface area contributed by atoms with Crippen molar-refractivity contribution in [2.24, 2.45) is 0 Å². The first-order valence-corrected chi connectivity index (χ1v) is 16.2. The van der Waals surface area contributed by atoms with Crippen LogP contribution in [0.4, 0.5) is 17.1 Å². The van der Waals surface area contributed by atoms with Gasteiger partial charge in [0.2, 0.25) is 0 Å². The number of hydrogen-bond acceptors (Lipinski definition) is 1. The predicted octanol–water partition coefficient (Wildman–Crippen LogP) is 13.1. The molecule has 9 rings (SSSR count). The molecular formula is C46H31N. The van der Waals surface area contributed by atoms with Gasteiger partial charge in [0.25, 0.3) is 0 Å². The number of anilines is 3. The van der Waals surface area contributed by atoms with Gasteiger partial charge in [-0.3, -0.25) is 0 Å². The molecule has 0 spiro atoms. The van der Waals surface area contributed by atoms with E-state index >= 15 is 0 Å². The van der Waals surface area contributed by atoms with E-state index in [0.717, 1.165) is 17.1 Å². The maximum Gasteiger partial charge on any atom is 0.0468 e. The van der Waals surface area contributed by atoms with Gasteiger partial charge in [-0.1, -0.05) is 152 Å². The third-order valence-electron chi connectivity index (χ3n) is 9.40. The van der Waals surface area contributed by atoms with Crippen molar-refractivity contribution in [1.82, 2.24) is 0 Å². The van der Waals surface area contributed by atoms with Crippen molar-refractivity contribution >= 4 is 60.2 Å². The average molecular weight is 598 g/mol. The van der Waals surface area contributed by atoms with Crippen molar-refractivity contribution in [2.45, 2.75) is 0 Å². The molecule has 0 saturated heterocycles. The lowest BCUT2D eigenvalue weighted by Gasteiger charge is -2.27. The van der Waals surface area contributed by atoms with Crippen molar-refractivity contribution in [3.8, 4) is 22.3 Å². The highest BCUT2D eigenvalue weighted by Gasteiger charge is 2.17. The Morgan fingerprint density at radius 3 is 1.43 bits per heavy atom. The molecule has 0 N–H and O–H groups in total. The molecule has 9 aromatic carbocycles. The monoisotopic (exact) mass is 597 g/mol. The molecule has 9 aromatic rings. The van der Waals surface area contributed by atoms with Crippen LogP contribution in [0.1, 0.15) is 0 Å². The molecule has 0 radical (unpaired) electrons. The SMILES string of the molecule is c1ccc(-c2cccc(N(c3cccc(-c4cccc5ccccc45)c3)c3ccc4c5ccccc5c5ccccc5c4c3)c2)cc1. The first-order valence-electron chi connectivity index (χ1n) is 16.2. The molecule has 0 heterocycles. The summed E-state index contributed by atoms with van der Waals surface area (Å²) in [6.45, 7) is 0. The summed E-state index contributed by atoms with van der Waals surface area (Å²) < 4.78 is 0. The number of fused-ring (bicyclic) bond motifs is 7. The predicted molar refractivity (Wildman–Crippen MR) is 202 cm³/mol. The summed E-state index contributed by atoms with van der Waals surface area (Å²) in [5, 5.41) is 10.2. The number of benzene rings is 9. The maximum atomic E-state index is 2.41. The van der Waals surface area contributed by atoms with Crippen molar-refractivity contribution in [1.29, 1.82) is 0 Å². The molecule has 0 atom stereocenters. The Kier molecular flexibility index (Phi) is 6.54. The minimum atomic E-state index is 1.12.